The standard InChI is InChI=1S/C18H14F6N4O3S/c19-17(20,21)11-7-14(18(22,23)24)27-16(10(11)8-25)26-9-15(29)28-5-6-32(30,31)13-4-2-1-3-12(13)28/h1-4,7,30-31H,5-6,9H2,(H,26,27). The average Bonchev–Trinajstić information content (AvgIpc) is 2.70. The molecule has 32 heavy (non-hydrogen) atoms. The smallest absolute Gasteiger partial charge is 0.360 e. The molecule has 1 aromatic heterocycles. The molecule has 1 aliphatic rings. The van der Waals surface area contributed by atoms with Gasteiger partial charge in [-0.05, 0) is 18.2 Å². The van der Waals surface area contributed by atoms with Crippen LogP contribution in [0.3, 0.4) is 0 Å². The van der Waals surface area contributed by atoms with Gasteiger partial charge in [0.1, 0.15) is 23.1 Å². The van der Waals surface area contributed by atoms with Crippen LogP contribution in [-0.4, -0.2) is 38.8 Å². The molecule has 0 bridgehead atoms. The zero-order valence-electron chi connectivity index (χ0n) is 15.8. The number of fused-ring (bicyclic) bond motifs is 1. The largest absolute Gasteiger partial charge is 0.433 e. The number of halogens is 6. The number of pyridine rings is 1. The number of benzene rings is 1. The topological polar surface area (TPSA) is 109 Å². The number of nitrogens with zero attached hydrogens (tertiary/aromatic N) is 3. The third kappa shape index (κ3) is 4.59. The van der Waals surface area contributed by atoms with Gasteiger partial charge in [0, 0.05) is 6.54 Å². The molecule has 3 N–H and O–H groups in total. The Labute approximate surface area is 178 Å². The maximum Gasteiger partial charge on any atom is 0.433 e. The lowest BCUT2D eigenvalue weighted by atomic mass is 10.1. The van der Waals surface area contributed by atoms with Gasteiger partial charge in [0.15, 0.2) is 0 Å². The van der Waals surface area contributed by atoms with Crippen molar-refractivity contribution in [2.45, 2.75) is 17.2 Å². The fourth-order valence-corrected chi connectivity index (χ4v) is 4.54. The van der Waals surface area contributed by atoms with Gasteiger partial charge in [-0.15, -0.1) is 0 Å². The van der Waals surface area contributed by atoms with E-state index in [0.29, 0.717) is 0 Å². The lowest BCUT2D eigenvalue weighted by Gasteiger charge is -2.42. The highest BCUT2D eigenvalue weighted by atomic mass is 32.3. The molecule has 0 atom stereocenters. The number of aromatic nitrogens is 1. The van der Waals surface area contributed by atoms with Crippen LogP contribution < -0.4 is 10.2 Å². The van der Waals surface area contributed by atoms with E-state index in [2.05, 4.69) is 10.3 Å². The van der Waals surface area contributed by atoms with E-state index in [0.717, 1.165) is 4.90 Å². The molecule has 7 nitrogen and oxygen atoms in total. The van der Waals surface area contributed by atoms with Crippen LogP contribution >= 0.6 is 10.6 Å². The number of anilines is 2. The van der Waals surface area contributed by atoms with Gasteiger partial charge in [0.2, 0.25) is 5.91 Å². The van der Waals surface area contributed by atoms with Gasteiger partial charge in [0.25, 0.3) is 0 Å². The van der Waals surface area contributed by atoms with Gasteiger partial charge in [-0.1, -0.05) is 12.1 Å². The van der Waals surface area contributed by atoms with Crippen molar-refractivity contribution in [2.24, 2.45) is 0 Å². The number of amides is 1. The minimum absolute atomic E-state index is 0.0915. The highest BCUT2D eigenvalue weighted by Crippen LogP contribution is 2.54. The SMILES string of the molecule is N#Cc1c(C(F)(F)F)cc(C(F)(F)F)nc1NCC(=O)N1CCS(O)(O)c2ccccc21. The van der Waals surface area contributed by atoms with Crippen LogP contribution in [0.5, 0.6) is 0 Å². The zero-order chi connectivity index (χ0) is 23.9. The monoisotopic (exact) mass is 480 g/mol. The number of hydrogen-bond donors (Lipinski definition) is 3. The van der Waals surface area contributed by atoms with E-state index in [1.54, 1.807) is 0 Å². The molecule has 1 amide bonds. The number of nitrogens with one attached hydrogen (secondary N) is 1. The normalized spacial score (nSPS) is 16.7. The summed E-state index contributed by atoms with van der Waals surface area (Å²) in [5, 5.41) is 11.2. The second-order valence-corrected chi connectivity index (χ2v) is 8.81. The van der Waals surface area contributed by atoms with E-state index in [-0.39, 0.29) is 28.9 Å². The highest BCUT2D eigenvalue weighted by Gasteiger charge is 2.41. The number of hydrogen-bond acceptors (Lipinski definition) is 6. The first-order valence-electron chi connectivity index (χ1n) is 8.74. The summed E-state index contributed by atoms with van der Waals surface area (Å²) in [6.45, 7) is -0.942. The van der Waals surface area contributed by atoms with Crippen molar-refractivity contribution in [3.63, 3.8) is 0 Å². The first-order chi connectivity index (χ1) is 14.8. The van der Waals surface area contributed by atoms with Crippen LogP contribution in [0.2, 0.25) is 0 Å². The van der Waals surface area contributed by atoms with E-state index >= 15 is 0 Å². The molecule has 0 spiro atoms. The summed E-state index contributed by atoms with van der Waals surface area (Å²) >= 11 is 0. The molecule has 0 fully saturated rings. The van der Waals surface area contributed by atoms with Crippen molar-refractivity contribution >= 4 is 28.0 Å². The molecule has 0 radical (unpaired) electrons. The number of alkyl halides is 6. The Morgan fingerprint density at radius 1 is 1.19 bits per heavy atom. The Morgan fingerprint density at radius 3 is 2.44 bits per heavy atom. The summed E-state index contributed by atoms with van der Waals surface area (Å²) < 4.78 is 99.1. The molecule has 0 unspecified atom stereocenters. The van der Waals surface area contributed by atoms with Gasteiger partial charge >= 0.3 is 12.4 Å². The third-order valence-electron chi connectivity index (χ3n) is 4.54. The molecular weight excluding hydrogens is 466 g/mol. The predicted octanol–water partition coefficient (Wildman–Crippen LogP) is 4.56. The summed E-state index contributed by atoms with van der Waals surface area (Å²) in [6, 6.07) is 6.77. The molecule has 172 valence electrons. The minimum Gasteiger partial charge on any atom is -0.360 e. The number of para-hydroxylation sites is 1. The van der Waals surface area contributed by atoms with Crippen LogP contribution in [-0.2, 0) is 17.1 Å². The molecule has 1 aromatic carbocycles. The lowest BCUT2D eigenvalue weighted by molar-refractivity contribution is -0.145. The molecule has 2 aromatic rings. The van der Waals surface area contributed by atoms with Crippen molar-refractivity contribution in [3.8, 4) is 6.07 Å². The van der Waals surface area contributed by atoms with E-state index < -0.39 is 58.0 Å². The van der Waals surface area contributed by atoms with Crippen molar-refractivity contribution in [2.75, 3.05) is 29.1 Å². The molecule has 0 aliphatic carbocycles. The van der Waals surface area contributed by atoms with Gasteiger partial charge in [0.05, 0.1) is 28.4 Å². The number of carbonyl (C=O) groups is 1. The van der Waals surface area contributed by atoms with Gasteiger partial charge in [-0.25, -0.2) is 4.98 Å². The van der Waals surface area contributed by atoms with Crippen LogP contribution in [0.15, 0.2) is 35.2 Å². The van der Waals surface area contributed by atoms with Crippen LogP contribution in [0.25, 0.3) is 0 Å². The van der Waals surface area contributed by atoms with E-state index in [1.807, 2.05) is 0 Å². The first kappa shape index (κ1) is 23.6. The quantitative estimate of drug-likeness (QED) is 0.556. The van der Waals surface area contributed by atoms with Crippen molar-refractivity contribution in [3.05, 3.63) is 47.2 Å². The minimum atomic E-state index is -5.27. The summed E-state index contributed by atoms with van der Waals surface area (Å²) in [6.07, 6.45) is -10.5. The summed E-state index contributed by atoms with van der Waals surface area (Å²) in [4.78, 5) is 16.9. The summed E-state index contributed by atoms with van der Waals surface area (Å²) in [5.41, 5.74) is -4.75. The van der Waals surface area contributed by atoms with Crippen LogP contribution in [0.1, 0.15) is 16.8 Å². The maximum atomic E-state index is 13.2. The second kappa shape index (κ2) is 8.15. The second-order valence-electron chi connectivity index (χ2n) is 6.62. The van der Waals surface area contributed by atoms with Crippen molar-refractivity contribution < 1.29 is 40.2 Å². The van der Waals surface area contributed by atoms with Crippen LogP contribution in [0, 0.1) is 11.3 Å². The molecule has 14 heteroatoms. The maximum absolute atomic E-state index is 13.2. The number of nitriles is 1. The Hall–Kier alpha value is -3.02. The summed E-state index contributed by atoms with van der Waals surface area (Å²) in [5.74, 6) is -2.03. The number of carbonyl (C=O) groups excluding carboxylic acids is 1. The Balaban J connectivity index is 1.93. The van der Waals surface area contributed by atoms with E-state index in [1.165, 1.54) is 30.3 Å². The Morgan fingerprint density at radius 2 is 1.84 bits per heavy atom. The molecule has 1 aliphatic heterocycles. The third-order valence-corrected chi connectivity index (χ3v) is 6.34. The van der Waals surface area contributed by atoms with Crippen LogP contribution in [0.4, 0.5) is 37.8 Å². The first-order valence-corrected chi connectivity index (χ1v) is 10.5. The molecule has 0 saturated heterocycles. The van der Waals surface area contributed by atoms with Gasteiger partial charge in [-0.2, -0.15) is 42.2 Å². The average molecular weight is 480 g/mol. The fraction of sp³-hybridized carbons (Fsp3) is 0.278. The number of rotatable bonds is 3. The van der Waals surface area contributed by atoms with Crippen molar-refractivity contribution in [1.29, 1.82) is 5.26 Å². The molecular formula is C18H14F6N4O3S. The van der Waals surface area contributed by atoms with Gasteiger partial charge in [-0.3, -0.25) is 13.9 Å². The van der Waals surface area contributed by atoms with E-state index in [9.17, 15) is 40.2 Å². The zero-order valence-corrected chi connectivity index (χ0v) is 16.6. The Kier molecular flexibility index (Phi) is 6.02. The van der Waals surface area contributed by atoms with E-state index in [4.69, 9.17) is 5.26 Å². The summed E-state index contributed by atoms with van der Waals surface area (Å²) in [7, 11) is -3.15. The fourth-order valence-electron chi connectivity index (χ4n) is 3.07. The molecule has 0 saturated carbocycles. The predicted molar refractivity (Wildman–Crippen MR) is 102 cm³/mol. The Bertz CT molecular complexity index is 1100. The van der Waals surface area contributed by atoms with Crippen molar-refractivity contribution in [1.82, 2.24) is 4.98 Å². The molecule has 2 heterocycles. The molecule has 3 rings (SSSR count). The van der Waals surface area contributed by atoms with Gasteiger partial charge < -0.3 is 10.2 Å². The highest BCUT2D eigenvalue weighted by molar-refractivity contribution is 8.24. The lowest BCUT2D eigenvalue weighted by Crippen LogP contribution is -2.41.